The Labute approximate surface area is 300 Å². The van der Waals surface area contributed by atoms with E-state index in [9.17, 15) is 0 Å². The lowest BCUT2D eigenvalue weighted by Crippen LogP contribution is -2.97. The maximum absolute atomic E-state index is 3.00. The predicted octanol–water partition coefficient (Wildman–Crippen LogP) is 9.87. The van der Waals surface area contributed by atoms with Gasteiger partial charge in [-0.15, -0.1) is 0 Å². The minimum atomic E-state index is -2.37. The van der Waals surface area contributed by atoms with Crippen molar-refractivity contribution < 1.29 is 0 Å². The van der Waals surface area contributed by atoms with Crippen LogP contribution in [0.3, 0.4) is 0 Å². The first-order valence-electron chi connectivity index (χ1n) is 18.2. The minimum absolute atomic E-state index is 1.21. The van der Waals surface area contributed by atoms with Crippen LogP contribution in [-0.4, -0.2) is 72.1 Å². The highest BCUT2D eigenvalue weighted by atomic mass is 30.1. The first kappa shape index (κ1) is 41.3. The fourth-order valence-corrected chi connectivity index (χ4v) is 322. The Kier molecular flexibility index (Phi) is 11.5. The molecule has 0 N–H and O–H groups in total. The van der Waals surface area contributed by atoms with E-state index in [1.54, 1.807) is 15.6 Å². The lowest BCUT2D eigenvalue weighted by atomic mass is 10.3. The smallest absolute Gasteiger partial charge is 0.0735 e. The molecule has 0 nitrogen and oxygen atoms in total. The highest BCUT2D eigenvalue weighted by molar-refractivity contribution is 8.07. The van der Waals surface area contributed by atoms with Gasteiger partial charge >= 0.3 is 0 Å². The van der Waals surface area contributed by atoms with Gasteiger partial charge in [-0.2, -0.15) is 0 Å². The number of benzene rings is 3. The van der Waals surface area contributed by atoms with E-state index >= 15 is 0 Å². The Balaban J connectivity index is 2.41. The average Bonchev–Trinajstić information content (AvgIpc) is 2.98. The van der Waals surface area contributed by atoms with Gasteiger partial charge < -0.3 is 0 Å². The molecule has 0 aliphatic carbocycles. The summed E-state index contributed by atoms with van der Waals surface area (Å²) in [5, 5.41) is 4.96. The topological polar surface area (TPSA) is 0 Å². The molecule has 0 fully saturated rings. The van der Waals surface area contributed by atoms with Gasteiger partial charge in [0.15, 0.2) is 0 Å². The third-order valence-corrected chi connectivity index (χ3v) is 238. The second-order valence-corrected chi connectivity index (χ2v) is 133. The Morgan fingerprint density at radius 1 is 0.234 bits per heavy atom. The van der Waals surface area contributed by atoms with Gasteiger partial charge in [-0.05, 0) is 0 Å². The summed E-state index contributed by atoms with van der Waals surface area (Å²) in [6.45, 7) is 55.6. The predicted molar refractivity (Wildman–Crippen MR) is 247 cm³/mol. The van der Waals surface area contributed by atoms with Crippen molar-refractivity contribution in [3.8, 4) is 0 Å². The van der Waals surface area contributed by atoms with Gasteiger partial charge in [0.25, 0.3) is 0 Å². The van der Waals surface area contributed by atoms with Gasteiger partial charge in [-0.25, -0.2) is 0 Å². The summed E-state index contributed by atoms with van der Waals surface area (Å²) < 4.78 is 0. The summed E-state index contributed by atoms with van der Waals surface area (Å²) in [7, 11) is -16.6. The maximum atomic E-state index is 3.00. The van der Waals surface area contributed by atoms with Crippen LogP contribution < -0.4 is 15.6 Å². The van der Waals surface area contributed by atoms with Crippen molar-refractivity contribution in [2.75, 3.05) is 0 Å². The quantitative estimate of drug-likeness (QED) is 0.127. The van der Waals surface area contributed by atoms with Gasteiger partial charge in [0.2, 0.25) is 0 Å². The molecule has 0 aliphatic rings. The summed E-state index contributed by atoms with van der Waals surface area (Å²) >= 11 is 0. The Morgan fingerprint density at radius 2 is 0.426 bits per heavy atom. The van der Waals surface area contributed by atoms with Crippen LogP contribution in [0.2, 0.25) is 124 Å². The molecule has 0 atom stereocenters. The van der Waals surface area contributed by atoms with Gasteiger partial charge in [-0.1, -0.05) is 231 Å². The number of hydrogen-bond donors (Lipinski definition) is 0. The van der Waals surface area contributed by atoms with E-state index in [1.165, 1.54) is 0 Å². The average molecular weight is 798 g/mol. The lowest BCUT2D eigenvalue weighted by molar-refractivity contribution is 1.68. The van der Waals surface area contributed by atoms with E-state index in [-0.39, 0.29) is 0 Å². The van der Waals surface area contributed by atoms with E-state index < -0.39 is 72.1 Å². The molecule has 3 aromatic rings. The van der Waals surface area contributed by atoms with Crippen LogP contribution in [-0.2, 0) is 0 Å². The molecule has 3 aromatic carbocycles. The summed E-state index contributed by atoms with van der Waals surface area (Å²) in [6.07, 6.45) is 0. The summed E-state index contributed by atoms with van der Waals surface area (Å²) in [5.41, 5.74) is 0. The SMILES string of the molecule is C[Si](C)(C)[Si](C)(C)[Si](C)(C)[Si](C)(C)[Si](C)(C)[Si](C)(C)[Si](C)(C)[Si](C)(C)[Si](C)(C)[Si](c1ccccc1)(c1ccccc1)c1ccccc1. The van der Waals surface area contributed by atoms with Gasteiger partial charge in [0.05, 0.1) is 0 Å². The Bertz CT molecular complexity index is 1400. The van der Waals surface area contributed by atoms with Gasteiger partial charge in [0.1, 0.15) is 7.59 Å². The molecule has 0 saturated heterocycles. The van der Waals surface area contributed by atoms with Crippen LogP contribution in [0.5, 0.6) is 0 Å². The zero-order valence-corrected chi connectivity index (χ0v) is 44.2. The standard InChI is InChI=1S/C37H72Si10/c1-38(2,3)39(4,5)40(6,7)41(8,9)42(10,11)43(12,13)44(14,15)45(16,17)46(18,19)47(35-29-23-20-24-30-35,36-31-25-21-26-32-36)37-33-27-22-28-34-37/h20-34H,1-19H3. The van der Waals surface area contributed by atoms with E-state index in [0.717, 1.165) is 0 Å². The van der Waals surface area contributed by atoms with Crippen molar-refractivity contribution in [3.63, 3.8) is 0 Å². The van der Waals surface area contributed by atoms with Crippen molar-refractivity contribution in [1.29, 1.82) is 0 Å². The first-order valence-corrected chi connectivity index (χ1v) is 56.7. The molecule has 0 radical (unpaired) electrons. The Hall–Kier alpha value is -0.171. The van der Waals surface area contributed by atoms with Crippen LogP contribution in [0.1, 0.15) is 0 Å². The molecule has 10 heteroatoms. The van der Waals surface area contributed by atoms with Crippen LogP contribution in [0, 0.1) is 0 Å². The molecule has 3 rings (SSSR count). The fourth-order valence-electron chi connectivity index (χ4n) is 9.74. The summed E-state index contributed by atoms with van der Waals surface area (Å²) in [4.78, 5) is 0. The second kappa shape index (κ2) is 13.1. The van der Waals surface area contributed by atoms with Crippen molar-refractivity contribution in [2.24, 2.45) is 0 Å². The Morgan fingerprint density at radius 3 is 0.638 bits per heavy atom. The van der Waals surface area contributed by atoms with Crippen molar-refractivity contribution >= 4 is 87.6 Å². The molecule has 0 saturated carbocycles. The summed E-state index contributed by atoms with van der Waals surface area (Å²) in [6, 6.07) is 36.0. The van der Waals surface area contributed by atoms with E-state index in [0.29, 0.717) is 0 Å². The highest BCUT2D eigenvalue weighted by Gasteiger charge is 2.73. The third kappa shape index (κ3) is 5.84. The molecular weight excluding hydrogens is 725 g/mol. The third-order valence-electron chi connectivity index (χ3n) is 17.4. The van der Waals surface area contributed by atoms with Crippen LogP contribution in [0.4, 0.5) is 0 Å². The highest BCUT2D eigenvalue weighted by Crippen LogP contribution is 2.48. The minimum Gasteiger partial charge on any atom is -0.0735 e. The zero-order valence-electron chi connectivity index (χ0n) is 34.2. The van der Waals surface area contributed by atoms with E-state index in [1.807, 2.05) is 0 Å². The lowest BCUT2D eigenvalue weighted by Gasteiger charge is -2.68. The maximum Gasteiger partial charge on any atom is 0.136 e. The molecule has 0 heterocycles. The van der Waals surface area contributed by atoms with Crippen molar-refractivity contribution in [1.82, 2.24) is 0 Å². The molecule has 260 valence electrons. The largest absolute Gasteiger partial charge is 0.136 e. The van der Waals surface area contributed by atoms with Crippen molar-refractivity contribution in [3.05, 3.63) is 91.0 Å². The van der Waals surface area contributed by atoms with Gasteiger partial charge in [-0.3, -0.25) is 0 Å². The molecule has 0 unspecified atom stereocenters. The summed E-state index contributed by atoms with van der Waals surface area (Å²) in [5.74, 6) is 0. The molecular formula is C37H72Si10. The molecule has 47 heavy (non-hydrogen) atoms. The van der Waals surface area contributed by atoms with Crippen LogP contribution in [0.15, 0.2) is 91.0 Å². The van der Waals surface area contributed by atoms with Crippen LogP contribution >= 0.6 is 0 Å². The van der Waals surface area contributed by atoms with Gasteiger partial charge in [0, 0.05) is 64.5 Å². The molecule has 0 amide bonds. The fraction of sp³-hybridized carbons (Fsp3) is 0.514. The normalized spacial score (nSPS) is 15.1. The molecule has 0 aromatic heterocycles. The van der Waals surface area contributed by atoms with E-state index in [4.69, 9.17) is 0 Å². The first-order chi connectivity index (χ1) is 21.1. The molecule has 0 aliphatic heterocycles. The zero-order chi connectivity index (χ0) is 36.3. The van der Waals surface area contributed by atoms with E-state index in [2.05, 4.69) is 215 Å². The number of hydrogen-bond acceptors (Lipinski definition) is 0. The van der Waals surface area contributed by atoms with Crippen LogP contribution in [0.25, 0.3) is 0 Å². The monoisotopic (exact) mass is 796 g/mol. The van der Waals surface area contributed by atoms with Crippen molar-refractivity contribution in [2.45, 2.75) is 124 Å². The second-order valence-electron chi connectivity index (χ2n) is 20.1. The molecule has 0 bridgehead atoms. The molecule has 0 spiro atoms. The number of rotatable bonds is 12.